The van der Waals surface area contributed by atoms with Crippen molar-refractivity contribution >= 4 is 29.2 Å². The minimum absolute atomic E-state index is 0.265. The molecule has 5 rings (SSSR count). The minimum atomic E-state index is -1.12. The Morgan fingerprint density at radius 2 is 1.52 bits per heavy atom. The second kappa shape index (κ2) is 5.85. The van der Waals surface area contributed by atoms with Crippen molar-refractivity contribution in [3.63, 3.8) is 0 Å². The molecule has 0 aliphatic heterocycles. The summed E-state index contributed by atoms with van der Waals surface area (Å²) in [6.07, 6.45) is 0.987. The van der Waals surface area contributed by atoms with E-state index < -0.39 is 10.8 Å². The molecule has 0 heterocycles. The Balaban J connectivity index is 1.70. The van der Waals surface area contributed by atoms with Crippen molar-refractivity contribution in [3.8, 4) is 0 Å². The number of alkyl halides is 2. The van der Waals surface area contributed by atoms with Crippen LogP contribution >= 0.6 is 23.2 Å². The van der Waals surface area contributed by atoms with Gasteiger partial charge in [0.1, 0.15) is 0 Å². The molecule has 0 aromatic heterocycles. The lowest BCUT2D eigenvalue weighted by atomic mass is 9.59. The predicted molar refractivity (Wildman–Crippen MR) is 91.1 cm³/mol. The summed E-state index contributed by atoms with van der Waals surface area (Å²) >= 11 is 11.2. The Morgan fingerprint density at radius 3 is 2.04 bits per heavy atom. The maximum absolute atomic E-state index is 11.6. The van der Waals surface area contributed by atoms with Crippen LogP contribution in [-0.4, -0.2) is 17.4 Å². The van der Waals surface area contributed by atoms with Gasteiger partial charge < -0.3 is 4.74 Å². The van der Waals surface area contributed by atoms with E-state index in [1.807, 2.05) is 0 Å². The van der Waals surface area contributed by atoms with Gasteiger partial charge in [-0.2, -0.15) is 0 Å². The second-order valence-electron chi connectivity index (χ2n) is 6.21. The average molecular weight is 347 g/mol. The first-order valence-corrected chi connectivity index (χ1v) is 8.66. The number of benzene rings is 2. The molecule has 0 saturated carbocycles. The lowest BCUT2D eigenvalue weighted by Gasteiger charge is -2.45. The van der Waals surface area contributed by atoms with Gasteiger partial charge >= 0.3 is 5.97 Å². The van der Waals surface area contributed by atoms with Gasteiger partial charge in [-0.05, 0) is 28.7 Å². The molecule has 118 valence electrons. The van der Waals surface area contributed by atoms with Gasteiger partial charge in [-0.3, -0.25) is 0 Å². The highest BCUT2D eigenvalue weighted by Crippen LogP contribution is 2.55. The molecule has 0 radical (unpaired) electrons. The highest BCUT2D eigenvalue weighted by molar-refractivity contribution is 6.52. The molecule has 2 nitrogen and oxygen atoms in total. The molecule has 3 aliphatic carbocycles. The Bertz CT molecular complexity index is 709. The van der Waals surface area contributed by atoms with Crippen LogP contribution in [0.2, 0.25) is 0 Å². The molecular formula is C19H16Cl2O2. The van der Waals surface area contributed by atoms with Crippen LogP contribution in [-0.2, 0) is 9.53 Å². The zero-order chi connectivity index (χ0) is 16.0. The highest BCUT2D eigenvalue weighted by Gasteiger charge is 2.43. The number of carbonyl (C=O) groups is 1. The smallest absolute Gasteiger partial charge is 0.339 e. The number of carbonyl (C=O) groups excluding carboxylic acids is 1. The summed E-state index contributed by atoms with van der Waals surface area (Å²) in [5.74, 6) is 0.348. The highest BCUT2D eigenvalue weighted by atomic mass is 35.5. The van der Waals surface area contributed by atoms with Crippen LogP contribution in [0.15, 0.2) is 48.5 Å². The van der Waals surface area contributed by atoms with Gasteiger partial charge in [0, 0.05) is 17.8 Å². The lowest BCUT2D eigenvalue weighted by Crippen LogP contribution is -2.35. The largest absolute Gasteiger partial charge is 0.463 e. The fraction of sp³-hybridized carbons (Fsp3) is 0.316. The van der Waals surface area contributed by atoms with E-state index in [2.05, 4.69) is 48.5 Å². The topological polar surface area (TPSA) is 26.3 Å². The number of halogens is 2. The number of esters is 1. The van der Waals surface area contributed by atoms with E-state index in [4.69, 9.17) is 27.9 Å². The molecule has 2 aromatic rings. The van der Waals surface area contributed by atoms with Crippen LogP contribution in [0, 0.1) is 5.92 Å². The predicted octanol–water partition coefficient (Wildman–Crippen LogP) is 4.63. The third kappa shape index (κ3) is 2.45. The number of rotatable bonds is 3. The van der Waals surface area contributed by atoms with Gasteiger partial charge in [0.25, 0.3) is 0 Å². The second-order valence-corrected chi connectivity index (χ2v) is 7.31. The molecule has 2 bridgehead atoms. The number of hydrogen-bond acceptors (Lipinski definition) is 2. The third-order valence-electron chi connectivity index (χ3n) is 5.04. The molecule has 0 fully saturated rings. The summed E-state index contributed by atoms with van der Waals surface area (Å²) in [5.41, 5.74) is 5.53. The van der Waals surface area contributed by atoms with Gasteiger partial charge in [0.15, 0.2) is 0 Å². The SMILES string of the molecule is O=C(OCC1CC2c3ccccc3C1c1ccccc12)C(Cl)Cl. The van der Waals surface area contributed by atoms with Crippen LogP contribution in [0.1, 0.15) is 40.5 Å². The third-order valence-corrected chi connectivity index (χ3v) is 5.40. The minimum Gasteiger partial charge on any atom is -0.463 e. The maximum atomic E-state index is 11.6. The molecule has 0 saturated heterocycles. The van der Waals surface area contributed by atoms with E-state index in [1.165, 1.54) is 22.3 Å². The molecule has 1 unspecified atom stereocenters. The summed E-state index contributed by atoms with van der Waals surface area (Å²) in [7, 11) is 0. The van der Waals surface area contributed by atoms with Gasteiger partial charge in [0.05, 0.1) is 6.61 Å². The van der Waals surface area contributed by atoms with E-state index in [0.29, 0.717) is 12.5 Å². The molecular weight excluding hydrogens is 331 g/mol. The summed E-state index contributed by atoms with van der Waals surface area (Å²) in [6, 6.07) is 17.2. The van der Waals surface area contributed by atoms with Gasteiger partial charge in [-0.15, -0.1) is 0 Å². The van der Waals surface area contributed by atoms with Crippen LogP contribution in [0.3, 0.4) is 0 Å². The van der Waals surface area contributed by atoms with Crippen molar-refractivity contribution < 1.29 is 9.53 Å². The van der Waals surface area contributed by atoms with Crippen LogP contribution in [0.4, 0.5) is 0 Å². The lowest BCUT2D eigenvalue weighted by molar-refractivity contribution is -0.143. The molecule has 4 heteroatoms. The Kier molecular flexibility index (Phi) is 3.82. The van der Waals surface area contributed by atoms with E-state index in [-0.39, 0.29) is 11.8 Å². The molecule has 2 aromatic carbocycles. The summed E-state index contributed by atoms with van der Waals surface area (Å²) in [5, 5.41) is 0. The van der Waals surface area contributed by atoms with Gasteiger partial charge in [0.2, 0.25) is 4.84 Å². The van der Waals surface area contributed by atoms with E-state index in [9.17, 15) is 4.79 Å². The zero-order valence-corrected chi connectivity index (χ0v) is 13.9. The van der Waals surface area contributed by atoms with Crippen molar-refractivity contribution in [2.75, 3.05) is 6.61 Å². The number of fused-ring (bicyclic) bond motifs is 1. The fourth-order valence-corrected chi connectivity index (χ4v) is 4.30. The van der Waals surface area contributed by atoms with E-state index in [0.717, 1.165) is 6.42 Å². The standard InChI is InChI=1S/C19H16Cl2O2/c20-18(21)19(22)23-10-11-9-16-12-5-1-3-7-14(12)17(11)15-8-4-2-6-13(15)16/h1-8,11,16-18H,9-10H2. The van der Waals surface area contributed by atoms with Crippen LogP contribution in [0.5, 0.6) is 0 Å². The van der Waals surface area contributed by atoms with Crippen LogP contribution in [0.25, 0.3) is 0 Å². The molecule has 23 heavy (non-hydrogen) atoms. The first kappa shape index (κ1) is 15.0. The summed E-state index contributed by atoms with van der Waals surface area (Å²) < 4.78 is 5.32. The number of hydrogen-bond donors (Lipinski definition) is 0. The normalized spacial score (nSPS) is 24.2. The molecule has 0 N–H and O–H groups in total. The first-order chi connectivity index (χ1) is 11.2. The molecule has 1 atom stereocenters. The molecule has 0 amide bonds. The fourth-order valence-electron chi connectivity index (χ4n) is 4.18. The first-order valence-electron chi connectivity index (χ1n) is 7.79. The quantitative estimate of drug-likeness (QED) is 0.598. The average Bonchev–Trinajstić information content (AvgIpc) is 2.59. The summed E-state index contributed by atoms with van der Waals surface area (Å²) in [4.78, 5) is 10.5. The van der Waals surface area contributed by atoms with E-state index >= 15 is 0 Å². The monoisotopic (exact) mass is 346 g/mol. The van der Waals surface area contributed by atoms with Crippen molar-refractivity contribution in [2.24, 2.45) is 5.92 Å². The maximum Gasteiger partial charge on any atom is 0.339 e. The number of ether oxygens (including phenoxy) is 1. The zero-order valence-electron chi connectivity index (χ0n) is 12.4. The Morgan fingerprint density at radius 1 is 1.00 bits per heavy atom. The van der Waals surface area contributed by atoms with Crippen molar-refractivity contribution in [2.45, 2.75) is 23.1 Å². The van der Waals surface area contributed by atoms with Crippen molar-refractivity contribution in [3.05, 3.63) is 70.8 Å². The molecule has 3 aliphatic rings. The van der Waals surface area contributed by atoms with Gasteiger partial charge in [-0.1, -0.05) is 71.7 Å². The summed E-state index contributed by atoms with van der Waals surface area (Å²) in [6.45, 7) is 0.360. The van der Waals surface area contributed by atoms with E-state index in [1.54, 1.807) is 0 Å². The van der Waals surface area contributed by atoms with Crippen molar-refractivity contribution in [1.82, 2.24) is 0 Å². The molecule has 0 spiro atoms. The van der Waals surface area contributed by atoms with Gasteiger partial charge in [-0.25, -0.2) is 4.79 Å². The Labute approximate surface area is 145 Å². The Hall–Kier alpha value is -1.51. The van der Waals surface area contributed by atoms with Crippen molar-refractivity contribution in [1.29, 1.82) is 0 Å². The van der Waals surface area contributed by atoms with Crippen LogP contribution < -0.4 is 0 Å².